The molecule has 1 fully saturated rings. The minimum Gasteiger partial charge on any atom is -0.336 e. The molecule has 1 aliphatic heterocycles. The van der Waals surface area contributed by atoms with Gasteiger partial charge >= 0.3 is 0 Å². The predicted octanol–water partition coefficient (Wildman–Crippen LogP) is 1.30. The molecule has 7 heteroatoms. The van der Waals surface area contributed by atoms with E-state index < -0.39 is 9.05 Å². The van der Waals surface area contributed by atoms with Crippen molar-refractivity contribution in [2.24, 2.45) is 0 Å². The van der Waals surface area contributed by atoms with Crippen molar-refractivity contribution in [2.75, 3.05) is 19.6 Å². The first kappa shape index (κ1) is 12.9. The van der Waals surface area contributed by atoms with E-state index in [4.69, 9.17) is 10.7 Å². The summed E-state index contributed by atoms with van der Waals surface area (Å²) in [4.78, 5) is 6.19. The lowest BCUT2D eigenvalue weighted by molar-refractivity contribution is 0.325. The Morgan fingerprint density at radius 1 is 1.29 bits per heavy atom. The Balaban J connectivity index is 1.81. The summed E-state index contributed by atoms with van der Waals surface area (Å²) in [6.07, 6.45) is 6.57. The van der Waals surface area contributed by atoms with Gasteiger partial charge in [0, 0.05) is 23.4 Å². The lowest BCUT2D eigenvalue weighted by Crippen LogP contribution is -2.21. The van der Waals surface area contributed by atoms with Crippen molar-refractivity contribution in [3.05, 3.63) is 12.5 Å². The van der Waals surface area contributed by atoms with Crippen molar-refractivity contribution >= 4 is 19.7 Å². The molecule has 0 radical (unpaired) electrons. The van der Waals surface area contributed by atoms with E-state index >= 15 is 0 Å². The number of hydrogen-bond donors (Lipinski definition) is 0. The number of aromatic nitrogens is 2. The van der Waals surface area contributed by atoms with E-state index in [9.17, 15) is 8.42 Å². The van der Waals surface area contributed by atoms with Gasteiger partial charge in [-0.1, -0.05) is 0 Å². The van der Waals surface area contributed by atoms with E-state index in [1.165, 1.54) is 38.5 Å². The van der Waals surface area contributed by atoms with E-state index in [1.807, 2.05) is 0 Å². The van der Waals surface area contributed by atoms with Crippen LogP contribution in [-0.4, -0.2) is 42.5 Å². The first-order valence-electron chi connectivity index (χ1n) is 5.74. The van der Waals surface area contributed by atoms with Crippen LogP contribution < -0.4 is 0 Å². The van der Waals surface area contributed by atoms with Gasteiger partial charge in [-0.05, 0) is 38.9 Å². The molecule has 0 N–H and O–H groups in total. The van der Waals surface area contributed by atoms with Gasteiger partial charge in [-0.2, -0.15) is 0 Å². The fourth-order valence-corrected chi connectivity index (χ4v) is 2.74. The summed E-state index contributed by atoms with van der Waals surface area (Å²) < 4.78 is 23.8. The molecule has 1 saturated heterocycles. The van der Waals surface area contributed by atoms with E-state index in [0.717, 1.165) is 19.5 Å². The molecule has 0 atom stereocenters. The molecule has 0 spiro atoms. The molecule has 0 bridgehead atoms. The van der Waals surface area contributed by atoms with Crippen LogP contribution in [0.5, 0.6) is 0 Å². The zero-order valence-electron chi connectivity index (χ0n) is 9.55. The smallest absolute Gasteiger partial charge is 0.280 e. The zero-order chi connectivity index (χ0) is 12.3. The lowest BCUT2D eigenvalue weighted by atomic mass is 10.4. The number of aryl methyl sites for hydroxylation is 1. The van der Waals surface area contributed by atoms with E-state index in [2.05, 4.69) is 9.88 Å². The Bertz CT molecular complexity index is 466. The highest BCUT2D eigenvalue weighted by Gasteiger charge is 2.14. The standard InChI is InChI=1S/C10H16ClN3O2S/c11-17(15,16)10-8-14(9-12-10)7-3-6-13-4-1-2-5-13/h8-9H,1-7H2. The number of likely N-dealkylation sites (tertiary alicyclic amines) is 1. The predicted molar refractivity (Wildman–Crippen MR) is 65.6 cm³/mol. The molecule has 17 heavy (non-hydrogen) atoms. The van der Waals surface area contributed by atoms with Gasteiger partial charge < -0.3 is 9.47 Å². The maximum atomic E-state index is 11.0. The Morgan fingerprint density at radius 2 is 2.00 bits per heavy atom. The van der Waals surface area contributed by atoms with Crippen LogP contribution in [-0.2, 0) is 15.6 Å². The molecule has 0 amide bonds. The first-order chi connectivity index (χ1) is 8.05. The van der Waals surface area contributed by atoms with Crippen LogP contribution in [0.15, 0.2) is 17.6 Å². The highest BCUT2D eigenvalue weighted by atomic mass is 35.7. The molecule has 0 aliphatic carbocycles. The van der Waals surface area contributed by atoms with Crippen LogP contribution in [0.25, 0.3) is 0 Å². The van der Waals surface area contributed by atoms with Crippen LogP contribution in [0.2, 0.25) is 0 Å². The molecule has 0 unspecified atom stereocenters. The Hall–Kier alpha value is -0.590. The van der Waals surface area contributed by atoms with E-state index in [0.29, 0.717) is 0 Å². The van der Waals surface area contributed by atoms with E-state index in [1.54, 1.807) is 4.57 Å². The largest absolute Gasteiger partial charge is 0.336 e. The summed E-state index contributed by atoms with van der Waals surface area (Å²) in [5.74, 6) is 0. The fourth-order valence-electron chi connectivity index (χ4n) is 2.07. The van der Waals surface area contributed by atoms with Crippen molar-refractivity contribution in [2.45, 2.75) is 30.8 Å². The minimum absolute atomic E-state index is 0.0691. The molecule has 0 aromatic carbocycles. The van der Waals surface area contributed by atoms with Crippen LogP contribution in [0, 0.1) is 0 Å². The normalized spacial score (nSPS) is 17.7. The molecule has 5 nitrogen and oxygen atoms in total. The Morgan fingerprint density at radius 3 is 2.59 bits per heavy atom. The number of nitrogens with zero attached hydrogens (tertiary/aromatic N) is 3. The molecule has 2 rings (SSSR count). The Kier molecular flexibility index (Phi) is 4.06. The summed E-state index contributed by atoms with van der Waals surface area (Å²) in [7, 11) is 1.50. The third kappa shape index (κ3) is 3.69. The molecule has 96 valence electrons. The minimum atomic E-state index is -3.69. The van der Waals surface area contributed by atoms with Crippen molar-refractivity contribution in [1.82, 2.24) is 14.5 Å². The molecular formula is C10H16ClN3O2S. The average molecular weight is 278 g/mol. The van der Waals surface area contributed by atoms with Crippen molar-refractivity contribution in [3.8, 4) is 0 Å². The molecule has 2 heterocycles. The van der Waals surface area contributed by atoms with Gasteiger partial charge in [-0.15, -0.1) is 0 Å². The topological polar surface area (TPSA) is 55.2 Å². The van der Waals surface area contributed by atoms with E-state index in [-0.39, 0.29) is 5.03 Å². The monoisotopic (exact) mass is 277 g/mol. The first-order valence-corrected chi connectivity index (χ1v) is 8.05. The maximum Gasteiger partial charge on any atom is 0.280 e. The maximum absolute atomic E-state index is 11.0. The molecule has 1 aromatic heterocycles. The average Bonchev–Trinajstić information content (AvgIpc) is 2.86. The summed E-state index contributed by atoms with van der Waals surface area (Å²) in [5, 5.41) is -0.0691. The van der Waals surface area contributed by atoms with Gasteiger partial charge in [0.2, 0.25) is 0 Å². The van der Waals surface area contributed by atoms with Crippen LogP contribution in [0.4, 0.5) is 0 Å². The van der Waals surface area contributed by atoms with Gasteiger partial charge in [0.15, 0.2) is 5.03 Å². The highest BCUT2D eigenvalue weighted by Crippen LogP contribution is 2.12. The number of rotatable bonds is 5. The lowest BCUT2D eigenvalue weighted by Gasteiger charge is -2.13. The second kappa shape index (κ2) is 5.37. The summed E-state index contributed by atoms with van der Waals surface area (Å²) >= 11 is 0. The fraction of sp³-hybridized carbons (Fsp3) is 0.700. The number of hydrogen-bond acceptors (Lipinski definition) is 4. The van der Waals surface area contributed by atoms with Gasteiger partial charge in [-0.25, -0.2) is 13.4 Å². The van der Waals surface area contributed by atoms with Crippen molar-refractivity contribution in [1.29, 1.82) is 0 Å². The molecule has 1 aliphatic rings. The molecular weight excluding hydrogens is 262 g/mol. The van der Waals surface area contributed by atoms with Gasteiger partial charge in [-0.3, -0.25) is 0 Å². The third-order valence-corrected chi connectivity index (χ3v) is 4.13. The van der Waals surface area contributed by atoms with Gasteiger partial charge in [0.25, 0.3) is 9.05 Å². The van der Waals surface area contributed by atoms with Crippen molar-refractivity contribution < 1.29 is 8.42 Å². The second-order valence-corrected chi connectivity index (χ2v) is 6.80. The molecule has 1 aromatic rings. The van der Waals surface area contributed by atoms with Crippen LogP contribution in [0.1, 0.15) is 19.3 Å². The summed E-state index contributed by atoms with van der Waals surface area (Å²) in [5.41, 5.74) is 0. The number of imidazole rings is 1. The zero-order valence-corrected chi connectivity index (χ0v) is 11.1. The molecule has 0 saturated carbocycles. The third-order valence-electron chi connectivity index (χ3n) is 2.95. The highest BCUT2D eigenvalue weighted by molar-refractivity contribution is 8.13. The summed E-state index contributed by atoms with van der Waals surface area (Å²) in [6.45, 7) is 4.20. The van der Waals surface area contributed by atoms with Gasteiger partial charge in [0.05, 0.1) is 6.33 Å². The number of halogens is 1. The Labute approximate surface area is 106 Å². The summed E-state index contributed by atoms with van der Waals surface area (Å²) in [6, 6.07) is 0. The second-order valence-electron chi connectivity index (χ2n) is 4.29. The van der Waals surface area contributed by atoms with Gasteiger partial charge in [0.1, 0.15) is 0 Å². The SMILES string of the molecule is O=S(=O)(Cl)c1cn(CCCN2CCCC2)cn1. The van der Waals surface area contributed by atoms with Crippen LogP contribution >= 0.6 is 10.7 Å². The quantitative estimate of drug-likeness (QED) is 0.761. The van der Waals surface area contributed by atoms with Crippen LogP contribution in [0.3, 0.4) is 0 Å². The van der Waals surface area contributed by atoms with Crippen molar-refractivity contribution in [3.63, 3.8) is 0 Å².